The summed E-state index contributed by atoms with van der Waals surface area (Å²) in [6, 6.07) is 22.0. The third kappa shape index (κ3) is 3.94. The summed E-state index contributed by atoms with van der Waals surface area (Å²) < 4.78 is 0. The lowest BCUT2D eigenvalue weighted by Crippen LogP contribution is -2.64. The van der Waals surface area contributed by atoms with Crippen LogP contribution in [0.25, 0.3) is 0 Å². The summed E-state index contributed by atoms with van der Waals surface area (Å²) in [6.07, 6.45) is 2.53. The number of benzene rings is 2. The first-order valence-electron chi connectivity index (χ1n) is 10.7. The highest BCUT2D eigenvalue weighted by Gasteiger charge is 2.46. The highest BCUT2D eigenvalue weighted by atomic mass is 35.5. The van der Waals surface area contributed by atoms with Gasteiger partial charge in [-0.2, -0.15) is 0 Å². The van der Waals surface area contributed by atoms with Gasteiger partial charge in [-0.25, -0.2) is 0 Å². The predicted molar refractivity (Wildman–Crippen MR) is 128 cm³/mol. The largest absolute Gasteiger partial charge is 0.307 e. The van der Waals surface area contributed by atoms with Crippen LogP contribution in [0.15, 0.2) is 66.0 Å². The molecule has 0 saturated carbocycles. The minimum Gasteiger partial charge on any atom is -0.307 e. The molecule has 1 unspecified atom stereocenters. The lowest BCUT2D eigenvalue weighted by molar-refractivity contribution is 0.00479. The van der Waals surface area contributed by atoms with Crippen LogP contribution in [0.3, 0.4) is 0 Å². The fourth-order valence-corrected chi connectivity index (χ4v) is 6.48. The van der Waals surface area contributed by atoms with Gasteiger partial charge in [0.15, 0.2) is 0 Å². The maximum absolute atomic E-state index is 6.80. The van der Waals surface area contributed by atoms with E-state index in [1.165, 1.54) is 23.3 Å². The van der Waals surface area contributed by atoms with Gasteiger partial charge in [0.05, 0.1) is 10.0 Å². The van der Waals surface area contributed by atoms with Crippen molar-refractivity contribution in [2.75, 3.05) is 13.1 Å². The van der Waals surface area contributed by atoms with Gasteiger partial charge in [-0.05, 0) is 60.5 Å². The molecule has 2 aromatic carbocycles. The Morgan fingerprint density at radius 1 is 0.967 bits per heavy atom. The van der Waals surface area contributed by atoms with Gasteiger partial charge in [-0.3, -0.25) is 4.90 Å². The van der Waals surface area contributed by atoms with Gasteiger partial charge in [0.25, 0.3) is 0 Å². The summed E-state index contributed by atoms with van der Waals surface area (Å²) in [5.74, 6) is 0.880. The van der Waals surface area contributed by atoms with E-state index < -0.39 is 0 Å². The average molecular weight is 457 g/mol. The number of fused-ring (bicyclic) bond motifs is 3. The Bertz CT molecular complexity index is 968. The molecule has 4 heterocycles. The molecule has 0 spiro atoms. The van der Waals surface area contributed by atoms with Crippen molar-refractivity contribution < 1.29 is 0 Å². The Morgan fingerprint density at radius 3 is 2.50 bits per heavy atom. The standard InChI is InChI=1S/C25H26Cl2N2S/c26-21-10-4-9-20(23(21)27)22(17-6-2-1-3-7-17)25-24(18-11-13-29(25)14-12-18)28-16-19-8-5-15-30-19/h1-10,15,18,22,24-25,28H,11-14,16H2/t22?,24-,25+/m1/s1. The predicted octanol–water partition coefficient (Wildman–Crippen LogP) is 6.44. The van der Waals surface area contributed by atoms with Crippen LogP contribution in [0.4, 0.5) is 0 Å². The Hall–Kier alpha value is -1.36. The average Bonchev–Trinajstić information content (AvgIpc) is 3.31. The second kappa shape index (κ2) is 9.02. The maximum Gasteiger partial charge on any atom is 0.0631 e. The van der Waals surface area contributed by atoms with Crippen LogP contribution in [0.2, 0.25) is 10.0 Å². The van der Waals surface area contributed by atoms with E-state index in [0.717, 1.165) is 25.2 Å². The van der Waals surface area contributed by atoms with E-state index >= 15 is 0 Å². The van der Waals surface area contributed by atoms with Crippen molar-refractivity contribution in [1.82, 2.24) is 10.2 Å². The molecule has 0 amide bonds. The molecule has 3 fully saturated rings. The van der Waals surface area contributed by atoms with Gasteiger partial charge >= 0.3 is 0 Å². The molecule has 156 valence electrons. The highest BCUT2D eigenvalue weighted by Crippen LogP contribution is 2.44. The lowest BCUT2D eigenvalue weighted by atomic mass is 9.70. The number of halogens is 2. The second-order valence-corrected chi connectivity index (χ2v) is 10.2. The molecule has 2 bridgehead atoms. The number of rotatable bonds is 6. The van der Waals surface area contributed by atoms with Crippen LogP contribution in [0, 0.1) is 5.92 Å². The molecule has 0 radical (unpaired) electrons. The number of hydrogen-bond donors (Lipinski definition) is 1. The number of nitrogens with zero attached hydrogens (tertiary/aromatic N) is 1. The molecule has 3 saturated heterocycles. The van der Waals surface area contributed by atoms with Crippen LogP contribution in [0.1, 0.15) is 34.8 Å². The number of thiophene rings is 1. The van der Waals surface area contributed by atoms with E-state index in [1.54, 1.807) is 0 Å². The zero-order chi connectivity index (χ0) is 20.5. The lowest BCUT2D eigenvalue weighted by Gasteiger charge is -2.54. The summed E-state index contributed by atoms with van der Waals surface area (Å²) in [4.78, 5) is 4.07. The second-order valence-electron chi connectivity index (χ2n) is 8.38. The van der Waals surface area contributed by atoms with Crippen LogP contribution in [0.5, 0.6) is 0 Å². The van der Waals surface area contributed by atoms with Crippen molar-refractivity contribution in [1.29, 1.82) is 0 Å². The summed E-state index contributed by atoms with van der Waals surface area (Å²) in [7, 11) is 0. The van der Waals surface area contributed by atoms with Crippen LogP contribution < -0.4 is 5.32 Å². The van der Waals surface area contributed by atoms with Crippen molar-refractivity contribution in [3.05, 3.63) is 92.1 Å². The van der Waals surface area contributed by atoms with E-state index in [9.17, 15) is 0 Å². The molecular formula is C25H26Cl2N2S. The summed E-state index contributed by atoms with van der Waals surface area (Å²) >= 11 is 15.1. The van der Waals surface area contributed by atoms with Crippen LogP contribution >= 0.6 is 34.5 Å². The van der Waals surface area contributed by atoms with Gasteiger partial charge in [0.1, 0.15) is 0 Å². The Kier molecular flexibility index (Phi) is 6.17. The number of piperidine rings is 3. The third-order valence-electron chi connectivity index (χ3n) is 6.78. The third-order valence-corrected chi connectivity index (χ3v) is 8.49. The van der Waals surface area contributed by atoms with E-state index in [4.69, 9.17) is 23.2 Å². The van der Waals surface area contributed by atoms with Gasteiger partial charge in [-0.1, -0.05) is 71.7 Å². The highest BCUT2D eigenvalue weighted by molar-refractivity contribution is 7.09. The maximum atomic E-state index is 6.80. The number of hydrogen-bond acceptors (Lipinski definition) is 3. The Labute approximate surface area is 192 Å². The molecule has 3 aliphatic heterocycles. The van der Waals surface area contributed by atoms with Crippen LogP contribution in [-0.2, 0) is 6.54 Å². The molecule has 5 heteroatoms. The summed E-state index contributed by atoms with van der Waals surface area (Å²) in [5, 5.41) is 7.43. The molecule has 1 N–H and O–H groups in total. The molecule has 3 aromatic rings. The van der Waals surface area contributed by atoms with Gasteiger partial charge < -0.3 is 5.32 Å². The van der Waals surface area contributed by atoms with Crippen molar-refractivity contribution in [3.8, 4) is 0 Å². The first kappa shape index (κ1) is 20.5. The van der Waals surface area contributed by atoms with E-state index in [1.807, 2.05) is 23.5 Å². The molecule has 3 aliphatic rings. The molecule has 6 rings (SSSR count). The Balaban J connectivity index is 1.56. The monoisotopic (exact) mass is 456 g/mol. The number of nitrogens with one attached hydrogen (secondary N) is 1. The fourth-order valence-electron chi connectivity index (χ4n) is 5.40. The topological polar surface area (TPSA) is 15.3 Å². The minimum atomic E-state index is 0.182. The zero-order valence-corrected chi connectivity index (χ0v) is 19.1. The summed E-state index contributed by atoms with van der Waals surface area (Å²) in [5.41, 5.74) is 2.44. The SMILES string of the molecule is Clc1cccc(C(c2ccccc2)[C@H]2[C@H](NCc3cccs3)C3CCN2CC3)c1Cl. The molecule has 2 nitrogen and oxygen atoms in total. The summed E-state index contributed by atoms with van der Waals surface area (Å²) in [6.45, 7) is 3.25. The smallest absolute Gasteiger partial charge is 0.0631 e. The van der Waals surface area contributed by atoms with E-state index in [0.29, 0.717) is 28.0 Å². The van der Waals surface area contributed by atoms with Gasteiger partial charge in [-0.15, -0.1) is 11.3 Å². The fraction of sp³-hybridized carbons (Fsp3) is 0.360. The van der Waals surface area contributed by atoms with Crippen molar-refractivity contribution >= 4 is 34.5 Å². The van der Waals surface area contributed by atoms with E-state index in [2.05, 4.69) is 64.1 Å². The molecule has 0 aliphatic carbocycles. The van der Waals surface area contributed by atoms with Crippen molar-refractivity contribution in [2.24, 2.45) is 5.92 Å². The zero-order valence-electron chi connectivity index (χ0n) is 16.8. The quantitative estimate of drug-likeness (QED) is 0.458. The van der Waals surface area contributed by atoms with Crippen LogP contribution in [-0.4, -0.2) is 30.1 Å². The van der Waals surface area contributed by atoms with E-state index in [-0.39, 0.29) is 5.92 Å². The first-order valence-corrected chi connectivity index (χ1v) is 12.3. The molecular weight excluding hydrogens is 431 g/mol. The first-order chi connectivity index (χ1) is 14.7. The Morgan fingerprint density at radius 2 is 1.77 bits per heavy atom. The molecule has 3 atom stereocenters. The van der Waals surface area contributed by atoms with Crippen molar-refractivity contribution in [3.63, 3.8) is 0 Å². The minimum absolute atomic E-state index is 0.182. The normalized spacial score (nSPS) is 26.6. The van der Waals surface area contributed by atoms with Crippen molar-refractivity contribution in [2.45, 2.75) is 37.4 Å². The molecule has 30 heavy (non-hydrogen) atoms. The van der Waals surface area contributed by atoms with Gasteiger partial charge in [0, 0.05) is 29.4 Å². The van der Waals surface area contributed by atoms with Gasteiger partial charge in [0.2, 0.25) is 0 Å². The molecule has 1 aromatic heterocycles.